The van der Waals surface area contributed by atoms with Crippen molar-refractivity contribution >= 4 is 34.0 Å². The van der Waals surface area contributed by atoms with Gasteiger partial charge in [-0.2, -0.15) is 0 Å². The van der Waals surface area contributed by atoms with E-state index in [0.717, 1.165) is 23.6 Å². The van der Waals surface area contributed by atoms with Crippen LogP contribution in [-0.2, 0) is 20.7 Å². The number of rotatable bonds is 6. The van der Waals surface area contributed by atoms with Crippen LogP contribution in [0.15, 0.2) is 36.9 Å². The standard InChI is InChI=1S/C17H18N4O3S/c1-2-14(22)18-13-5-3-11(4-6-13)9-15(23)19-17-21-20-16(25-17)12-7-8-24-10-12/h2-6,12H,1,7-10H2,(H,18,22)(H,19,21,23). The predicted octanol–water partition coefficient (Wildman–Crippen LogP) is 2.35. The quantitative estimate of drug-likeness (QED) is 0.773. The van der Waals surface area contributed by atoms with E-state index >= 15 is 0 Å². The van der Waals surface area contributed by atoms with E-state index < -0.39 is 0 Å². The van der Waals surface area contributed by atoms with E-state index in [4.69, 9.17) is 4.74 Å². The number of amides is 2. The highest BCUT2D eigenvalue weighted by atomic mass is 32.1. The third kappa shape index (κ3) is 4.71. The zero-order valence-electron chi connectivity index (χ0n) is 13.5. The van der Waals surface area contributed by atoms with Crippen molar-refractivity contribution in [2.24, 2.45) is 0 Å². The first-order chi connectivity index (χ1) is 12.1. The Morgan fingerprint density at radius 2 is 2.08 bits per heavy atom. The number of ether oxygens (including phenoxy) is 1. The highest BCUT2D eigenvalue weighted by Crippen LogP contribution is 2.29. The number of benzene rings is 1. The molecule has 1 unspecified atom stereocenters. The summed E-state index contributed by atoms with van der Waals surface area (Å²) in [4.78, 5) is 23.4. The summed E-state index contributed by atoms with van der Waals surface area (Å²) < 4.78 is 5.34. The smallest absolute Gasteiger partial charge is 0.247 e. The fraction of sp³-hybridized carbons (Fsp3) is 0.294. The summed E-state index contributed by atoms with van der Waals surface area (Å²) in [6.45, 7) is 4.81. The number of carbonyl (C=O) groups excluding carboxylic acids is 2. The van der Waals surface area contributed by atoms with Crippen LogP contribution in [-0.4, -0.2) is 35.2 Å². The lowest BCUT2D eigenvalue weighted by molar-refractivity contribution is -0.115. The Morgan fingerprint density at radius 1 is 1.28 bits per heavy atom. The average molecular weight is 358 g/mol. The van der Waals surface area contributed by atoms with Crippen LogP contribution >= 0.6 is 11.3 Å². The lowest BCUT2D eigenvalue weighted by Crippen LogP contribution is -2.14. The molecule has 1 fully saturated rings. The molecule has 1 aromatic heterocycles. The zero-order valence-corrected chi connectivity index (χ0v) is 14.3. The number of carbonyl (C=O) groups is 2. The van der Waals surface area contributed by atoms with Crippen molar-refractivity contribution in [3.05, 3.63) is 47.5 Å². The molecule has 0 spiro atoms. The normalized spacial score (nSPS) is 16.4. The Balaban J connectivity index is 1.53. The molecule has 0 aliphatic carbocycles. The molecule has 1 saturated heterocycles. The molecule has 1 aromatic carbocycles. The SMILES string of the molecule is C=CC(=O)Nc1ccc(CC(=O)Nc2nnc(C3CCOC3)s2)cc1. The molecule has 2 aromatic rings. The third-order valence-electron chi connectivity index (χ3n) is 3.74. The summed E-state index contributed by atoms with van der Waals surface area (Å²) in [5, 5.41) is 15.0. The van der Waals surface area contributed by atoms with E-state index in [-0.39, 0.29) is 24.2 Å². The fourth-order valence-corrected chi connectivity index (χ4v) is 3.31. The number of anilines is 2. The van der Waals surface area contributed by atoms with Gasteiger partial charge in [0.25, 0.3) is 0 Å². The number of hydrogen-bond acceptors (Lipinski definition) is 6. The van der Waals surface area contributed by atoms with Crippen molar-refractivity contribution in [3.63, 3.8) is 0 Å². The maximum absolute atomic E-state index is 12.1. The first-order valence-electron chi connectivity index (χ1n) is 7.87. The van der Waals surface area contributed by atoms with E-state index in [1.165, 1.54) is 17.4 Å². The molecule has 8 heteroatoms. The molecule has 2 amide bonds. The monoisotopic (exact) mass is 358 g/mol. The first-order valence-corrected chi connectivity index (χ1v) is 8.69. The molecule has 2 heterocycles. The summed E-state index contributed by atoms with van der Waals surface area (Å²) >= 11 is 1.39. The second-order valence-electron chi connectivity index (χ2n) is 5.62. The van der Waals surface area contributed by atoms with Crippen molar-refractivity contribution in [2.45, 2.75) is 18.8 Å². The van der Waals surface area contributed by atoms with Gasteiger partial charge in [-0.25, -0.2) is 0 Å². The Kier molecular flexibility index (Phi) is 5.52. The van der Waals surface area contributed by atoms with Gasteiger partial charge < -0.3 is 15.4 Å². The van der Waals surface area contributed by atoms with Crippen LogP contribution in [0, 0.1) is 0 Å². The lowest BCUT2D eigenvalue weighted by Gasteiger charge is -2.05. The summed E-state index contributed by atoms with van der Waals surface area (Å²) in [5.74, 6) is -0.153. The number of aromatic nitrogens is 2. The summed E-state index contributed by atoms with van der Waals surface area (Å²) in [7, 11) is 0. The minimum Gasteiger partial charge on any atom is -0.381 e. The van der Waals surface area contributed by atoms with E-state index in [2.05, 4.69) is 27.4 Å². The third-order valence-corrected chi connectivity index (χ3v) is 4.74. The van der Waals surface area contributed by atoms with Gasteiger partial charge in [0.15, 0.2) is 0 Å². The lowest BCUT2D eigenvalue weighted by atomic mass is 10.1. The molecule has 1 aliphatic rings. The van der Waals surface area contributed by atoms with Crippen molar-refractivity contribution < 1.29 is 14.3 Å². The molecule has 3 rings (SSSR count). The molecule has 2 N–H and O–H groups in total. The largest absolute Gasteiger partial charge is 0.381 e. The highest BCUT2D eigenvalue weighted by Gasteiger charge is 2.22. The van der Waals surface area contributed by atoms with Gasteiger partial charge in [-0.15, -0.1) is 10.2 Å². The van der Waals surface area contributed by atoms with E-state index in [1.807, 2.05) is 0 Å². The van der Waals surface area contributed by atoms with Crippen LogP contribution in [0.2, 0.25) is 0 Å². The minimum atomic E-state index is -0.273. The Morgan fingerprint density at radius 3 is 2.76 bits per heavy atom. The average Bonchev–Trinajstić information content (AvgIpc) is 3.27. The molecule has 0 radical (unpaired) electrons. The van der Waals surface area contributed by atoms with Crippen LogP contribution in [0.1, 0.15) is 22.9 Å². The van der Waals surface area contributed by atoms with Crippen molar-refractivity contribution in [2.75, 3.05) is 23.8 Å². The molecule has 1 aliphatic heterocycles. The van der Waals surface area contributed by atoms with Gasteiger partial charge in [0.2, 0.25) is 16.9 Å². The second-order valence-corrected chi connectivity index (χ2v) is 6.63. The Hall–Kier alpha value is -2.58. The molecule has 7 nitrogen and oxygen atoms in total. The Bertz CT molecular complexity index is 766. The first kappa shape index (κ1) is 17.2. The van der Waals surface area contributed by atoms with Crippen LogP contribution in [0.3, 0.4) is 0 Å². The van der Waals surface area contributed by atoms with Gasteiger partial charge in [-0.3, -0.25) is 9.59 Å². The zero-order chi connectivity index (χ0) is 17.6. The molecule has 1 atom stereocenters. The van der Waals surface area contributed by atoms with Crippen LogP contribution in [0.5, 0.6) is 0 Å². The molecule has 130 valence electrons. The fourth-order valence-electron chi connectivity index (χ4n) is 2.43. The summed E-state index contributed by atoms with van der Waals surface area (Å²) in [6, 6.07) is 7.07. The van der Waals surface area contributed by atoms with Gasteiger partial charge in [0.05, 0.1) is 13.0 Å². The van der Waals surface area contributed by atoms with E-state index in [0.29, 0.717) is 17.4 Å². The van der Waals surface area contributed by atoms with Gasteiger partial charge in [-0.05, 0) is 30.2 Å². The Labute approximate surface area is 149 Å². The molecular formula is C17H18N4O3S. The van der Waals surface area contributed by atoms with Crippen LogP contribution in [0.4, 0.5) is 10.8 Å². The van der Waals surface area contributed by atoms with E-state index in [9.17, 15) is 9.59 Å². The van der Waals surface area contributed by atoms with Gasteiger partial charge in [0, 0.05) is 18.2 Å². The van der Waals surface area contributed by atoms with Crippen molar-refractivity contribution in [3.8, 4) is 0 Å². The summed E-state index contributed by atoms with van der Waals surface area (Å²) in [6.07, 6.45) is 2.36. The predicted molar refractivity (Wildman–Crippen MR) is 95.7 cm³/mol. The number of nitrogens with one attached hydrogen (secondary N) is 2. The second kappa shape index (κ2) is 8.00. The van der Waals surface area contributed by atoms with Crippen LogP contribution < -0.4 is 10.6 Å². The van der Waals surface area contributed by atoms with Gasteiger partial charge in [-0.1, -0.05) is 30.0 Å². The number of nitrogens with zero attached hydrogens (tertiary/aromatic N) is 2. The maximum atomic E-state index is 12.1. The van der Waals surface area contributed by atoms with E-state index in [1.54, 1.807) is 24.3 Å². The van der Waals surface area contributed by atoms with Crippen molar-refractivity contribution in [1.29, 1.82) is 0 Å². The molecular weight excluding hydrogens is 340 g/mol. The molecule has 0 saturated carbocycles. The highest BCUT2D eigenvalue weighted by molar-refractivity contribution is 7.15. The molecule has 0 bridgehead atoms. The van der Waals surface area contributed by atoms with Gasteiger partial charge >= 0.3 is 0 Å². The number of hydrogen-bond donors (Lipinski definition) is 2. The molecule has 25 heavy (non-hydrogen) atoms. The maximum Gasteiger partial charge on any atom is 0.247 e. The minimum absolute atomic E-state index is 0.159. The van der Waals surface area contributed by atoms with Gasteiger partial charge in [0.1, 0.15) is 5.01 Å². The van der Waals surface area contributed by atoms with Crippen LogP contribution in [0.25, 0.3) is 0 Å². The van der Waals surface area contributed by atoms with Crippen molar-refractivity contribution in [1.82, 2.24) is 10.2 Å². The summed E-state index contributed by atoms with van der Waals surface area (Å²) in [5.41, 5.74) is 1.49. The topological polar surface area (TPSA) is 93.2 Å².